The van der Waals surface area contributed by atoms with Gasteiger partial charge in [-0.1, -0.05) is 72.8 Å². The fourth-order valence-corrected chi connectivity index (χ4v) is 6.30. The summed E-state index contributed by atoms with van der Waals surface area (Å²) in [6, 6.07) is 33.6. The molecule has 0 aliphatic carbocycles. The van der Waals surface area contributed by atoms with Crippen LogP contribution in [0.5, 0.6) is 11.5 Å². The molecule has 2 aromatic heterocycles. The van der Waals surface area contributed by atoms with Gasteiger partial charge in [0.25, 0.3) is 5.91 Å². The van der Waals surface area contributed by atoms with Gasteiger partial charge in [0.15, 0.2) is 29.4 Å². The van der Waals surface area contributed by atoms with E-state index < -0.39 is 30.2 Å². The predicted molar refractivity (Wildman–Crippen MR) is 181 cm³/mol. The normalized spacial score (nSPS) is 19.1. The van der Waals surface area contributed by atoms with Crippen molar-refractivity contribution in [1.29, 1.82) is 0 Å². The Labute approximate surface area is 282 Å². The Balaban J connectivity index is 1.27. The number of ether oxygens (including phenoxy) is 4. The van der Waals surface area contributed by atoms with Crippen LogP contribution >= 0.6 is 0 Å². The number of amides is 1. The molecule has 7 rings (SSSR count). The van der Waals surface area contributed by atoms with Crippen molar-refractivity contribution in [1.82, 2.24) is 19.5 Å². The third-order valence-corrected chi connectivity index (χ3v) is 8.79. The maximum atomic E-state index is 17.0. The molecule has 1 amide bonds. The van der Waals surface area contributed by atoms with E-state index in [0.717, 1.165) is 16.7 Å². The number of carbonyl (C=O) groups is 1. The summed E-state index contributed by atoms with van der Waals surface area (Å²) in [5.41, 5.74) is 2.15. The summed E-state index contributed by atoms with van der Waals surface area (Å²) in [7, 11) is 3.21. The smallest absolute Gasteiger partial charge is 0.256 e. The minimum Gasteiger partial charge on any atom is -0.497 e. The average Bonchev–Trinajstić information content (AvgIpc) is 3.71. The number of carbonyl (C=O) groups excluding carboxylic acids is 1. The topological polar surface area (TPSA) is 110 Å². The van der Waals surface area contributed by atoms with E-state index in [0.29, 0.717) is 28.2 Å². The first kappa shape index (κ1) is 31.9. The summed E-state index contributed by atoms with van der Waals surface area (Å²) >= 11 is 0. The van der Waals surface area contributed by atoms with Crippen molar-refractivity contribution in [2.24, 2.45) is 0 Å². The lowest BCUT2D eigenvalue weighted by atomic mass is 9.79. The summed E-state index contributed by atoms with van der Waals surface area (Å²) in [6.07, 6.45) is -1.75. The van der Waals surface area contributed by atoms with Gasteiger partial charge in [0.05, 0.1) is 26.7 Å². The minimum absolute atomic E-state index is 0.203. The molecule has 6 aromatic rings. The number of fused-ring (bicyclic) bond motifs is 1. The molecule has 10 nitrogen and oxygen atoms in total. The van der Waals surface area contributed by atoms with E-state index in [-0.39, 0.29) is 11.7 Å². The van der Waals surface area contributed by atoms with Gasteiger partial charge in [0.1, 0.15) is 29.5 Å². The molecule has 1 N–H and O–H groups in total. The van der Waals surface area contributed by atoms with Gasteiger partial charge >= 0.3 is 0 Å². The fraction of sp³-hybridized carbons (Fsp3) is 0.211. The monoisotopic (exact) mass is 659 g/mol. The van der Waals surface area contributed by atoms with Crippen LogP contribution in [0.15, 0.2) is 122 Å². The number of nitrogens with zero attached hydrogens (tertiary/aromatic N) is 4. The van der Waals surface area contributed by atoms with Crippen LogP contribution in [-0.2, 0) is 15.1 Å². The van der Waals surface area contributed by atoms with Gasteiger partial charge in [0.2, 0.25) is 0 Å². The Morgan fingerprint density at radius 3 is 1.96 bits per heavy atom. The Morgan fingerprint density at radius 2 is 1.37 bits per heavy atom. The number of aromatic nitrogens is 4. The third kappa shape index (κ3) is 5.87. The van der Waals surface area contributed by atoms with Gasteiger partial charge < -0.3 is 24.3 Å². The summed E-state index contributed by atoms with van der Waals surface area (Å²) in [5.74, 6) is 1.20. The predicted octanol–water partition coefficient (Wildman–Crippen LogP) is 6.73. The van der Waals surface area contributed by atoms with E-state index >= 15 is 4.39 Å². The van der Waals surface area contributed by atoms with Crippen molar-refractivity contribution in [2.75, 3.05) is 19.5 Å². The first-order chi connectivity index (χ1) is 23.9. The fourth-order valence-electron chi connectivity index (χ4n) is 6.30. The lowest BCUT2D eigenvalue weighted by molar-refractivity contribution is -0.0887. The lowest BCUT2D eigenvalue weighted by Crippen LogP contribution is -2.42. The number of benzene rings is 4. The molecule has 0 spiro atoms. The zero-order chi connectivity index (χ0) is 34.0. The molecule has 1 saturated heterocycles. The van der Waals surface area contributed by atoms with Crippen LogP contribution in [0.4, 0.5) is 10.2 Å². The summed E-state index contributed by atoms with van der Waals surface area (Å²) in [4.78, 5) is 26.0. The number of methoxy groups -OCH3 is 2. The van der Waals surface area contributed by atoms with E-state index in [1.807, 2.05) is 84.9 Å². The zero-order valence-electron chi connectivity index (χ0n) is 27.1. The number of imidazole rings is 1. The number of nitrogens with one attached hydrogen (secondary N) is 1. The van der Waals surface area contributed by atoms with Crippen LogP contribution < -0.4 is 14.8 Å². The molecule has 0 bridgehead atoms. The maximum absolute atomic E-state index is 17.0. The van der Waals surface area contributed by atoms with Gasteiger partial charge in [-0.3, -0.25) is 9.36 Å². The first-order valence-corrected chi connectivity index (χ1v) is 15.8. The molecule has 49 heavy (non-hydrogen) atoms. The second-order valence-electron chi connectivity index (χ2n) is 11.6. The molecule has 11 heteroatoms. The summed E-state index contributed by atoms with van der Waals surface area (Å²) in [5, 5.41) is 2.79. The number of halogens is 1. The highest BCUT2D eigenvalue weighted by atomic mass is 19.1. The Hall–Kier alpha value is -5.65. The minimum atomic E-state index is -1.65. The third-order valence-electron chi connectivity index (χ3n) is 8.79. The largest absolute Gasteiger partial charge is 0.497 e. The van der Waals surface area contributed by atoms with Gasteiger partial charge in [-0.15, -0.1) is 0 Å². The quantitative estimate of drug-likeness (QED) is 0.161. The molecule has 4 aromatic carbocycles. The van der Waals surface area contributed by atoms with Crippen LogP contribution in [0.3, 0.4) is 0 Å². The van der Waals surface area contributed by atoms with Crippen molar-refractivity contribution in [3.05, 3.63) is 144 Å². The van der Waals surface area contributed by atoms with E-state index in [1.165, 1.54) is 17.2 Å². The van der Waals surface area contributed by atoms with Crippen molar-refractivity contribution in [2.45, 2.75) is 37.1 Å². The van der Waals surface area contributed by atoms with Gasteiger partial charge in [0, 0.05) is 5.56 Å². The molecule has 3 heterocycles. The van der Waals surface area contributed by atoms with Crippen molar-refractivity contribution in [3.63, 3.8) is 0 Å². The van der Waals surface area contributed by atoms with E-state index in [2.05, 4.69) is 20.3 Å². The average molecular weight is 660 g/mol. The first-order valence-electron chi connectivity index (χ1n) is 15.8. The standard InChI is InChI=1S/C38H34FN5O5/c1-24-33(31(39)37(48-24)44-23-42-32-34(40-22-41-35(32)44)43-36(45)25-10-6-4-7-11-25)49-38(26-12-8-5-9-13-26,27-14-18-29(46-2)19-15-27)28-16-20-30(47-3)21-17-28/h4-24,31,33,37H,1-3H3,(H,40,41,43,45)/t24-,31-,33-,37-/m1/s1. The highest BCUT2D eigenvalue weighted by Gasteiger charge is 2.51. The highest BCUT2D eigenvalue weighted by Crippen LogP contribution is 2.46. The molecule has 0 unspecified atom stereocenters. The van der Waals surface area contributed by atoms with Gasteiger partial charge in [-0.05, 0) is 60.0 Å². The molecule has 4 atom stereocenters. The summed E-state index contributed by atoms with van der Waals surface area (Å²) < 4.78 is 42.8. The van der Waals surface area contributed by atoms with E-state index in [4.69, 9.17) is 18.9 Å². The molecular weight excluding hydrogens is 625 g/mol. The van der Waals surface area contributed by atoms with Crippen molar-refractivity contribution in [3.8, 4) is 11.5 Å². The lowest BCUT2D eigenvalue weighted by Gasteiger charge is -2.39. The zero-order valence-corrected chi connectivity index (χ0v) is 27.1. The summed E-state index contributed by atoms with van der Waals surface area (Å²) in [6.45, 7) is 1.79. The number of anilines is 1. The number of rotatable bonds is 10. The molecule has 0 saturated carbocycles. The number of hydrogen-bond donors (Lipinski definition) is 1. The molecule has 0 radical (unpaired) electrons. The van der Waals surface area contributed by atoms with Crippen molar-refractivity contribution >= 4 is 22.9 Å². The van der Waals surface area contributed by atoms with Crippen LogP contribution in [0.25, 0.3) is 11.2 Å². The Bertz CT molecular complexity index is 1990. The number of hydrogen-bond acceptors (Lipinski definition) is 8. The molecule has 1 aliphatic heterocycles. The van der Waals surface area contributed by atoms with Crippen LogP contribution in [-0.4, -0.2) is 58.0 Å². The van der Waals surface area contributed by atoms with Gasteiger partial charge in [-0.2, -0.15) is 0 Å². The van der Waals surface area contributed by atoms with E-state index in [9.17, 15) is 4.79 Å². The Kier molecular flexibility index (Phi) is 8.77. The maximum Gasteiger partial charge on any atom is 0.256 e. The Morgan fingerprint density at radius 1 is 0.796 bits per heavy atom. The second kappa shape index (κ2) is 13.5. The molecule has 1 fully saturated rings. The SMILES string of the molecule is COc1ccc(C(O[C@H]2[C@@H](F)[C@H](n3cnc4c(NC(=O)c5ccccc5)ncnc43)O[C@@H]2C)(c2ccccc2)c2ccc(OC)cc2)cc1. The van der Waals surface area contributed by atoms with E-state index in [1.54, 1.807) is 45.4 Å². The van der Waals surface area contributed by atoms with Crippen molar-refractivity contribution < 1.29 is 28.1 Å². The van der Waals surface area contributed by atoms with Crippen LogP contribution in [0.2, 0.25) is 0 Å². The number of alkyl halides is 1. The highest BCUT2D eigenvalue weighted by molar-refractivity contribution is 6.06. The van der Waals surface area contributed by atoms with Gasteiger partial charge in [-0.25, -0.2) is 19.3 Å². The van der Waals surface area contributed by atoms with Crippen LogP contribution in [0.1, 0.15) is 40.2 Å². The molecule has 1 aliphatic rings. The van der Waals surface area contributed by atoms with Crippen LogP contribution in [0, 0.1) is 0 Å². The molecular formula is C38H34FN5O5. The second-order valence-corrected chi connectivity index (χ2v) is 11.6. The molecule has 248 valence electrons.